The van der Waals surface area contributed by atoms with Crippen molar-refractivity contribution in [2.45, 2.75) is 71.5 Å². The van der Waals surface area contributed by atoms with E-state index in [9.17, 15) is 0 Å². The third-order valence-corrected chi connectivity index (χ3v) is 4.17. The molecule has 0 aromatic carbocycles. The van der Waals surface area contributed by atoms with Crippen LogP contribution in [0.15, 0.2) is 18.3 Å². The number of pyridine rings is 1. The quantitative estimate of drug-likeness (QED) is 0.887. The molecule has 2 rings (SSSR count). The molecule has 0 aliphatic carbocycles. The number of rotatable bonds is 5. The molecule has 0 radical (unpaired) electrons. The fourth-order valence-electron chi connectivity index (χ4n) is 2.99. The first-order valence-corrected chi connectivity index (χ1v) is 8.15. The van der Waals surface area contributed by atoms with Crippen LogP contribution < -0.4 is 10.2 Å². The van der Waals surface area contributed by atoms with Gasteiger partial charge in [-0.3, -0.25) is 4.98 Å². The molecule has 20 heavy (non-hydrogen) atoms. The molecule has 0 bridgehead atoms. The molecule has 1 aromatic heterocycles. The number of nitrogens with zero attached hydrogens (tertiary/aromatic N) is 2. The van der Waals surface area contributed by atoms with Crippen molar-refractivity contribution >= 4 is 5.69 Å². The van der Waals surface area contributed by atoms with Crippen LogP contribution in [0, 0.1) is 0 Å². The van der Waals surface area contributed by atoms with Crippen LogP contribution in [0.2, 0.25) is 0 Å². The first kappa shape index (κ1) is 15.3. The third kappa shape index (κ3) is 4.20. The van der Waals surface area contributed by atoms with Crippen molar-refractivity contribution in [1.29, 1.82) is 0 Å². The van der Waals surface area contributed by atoms with Crippen LogP contribution in [0.25, 0.3) is 0 Å². The van der Waals surface area contributed by atoms with Gasteiger partial charge in [0.2, 0.25) is 0 Å². The highest BCUT2D eigenvalue weighted by Crippen LogP contribution is 2.26. The van der Waals surface area contributed by atoms with Crippen LogP contribution in [0.3, 0.4) is 0 Å². The van der Waals surface area contributed by atoms with E-state index in [2.05, 4.69) is 48.1 Å². The molecule has 2 heterocycles. The van der Waals surface area contributed by atoms with Crippen LogP contribution in [0.5, 0.6) is 0 Å². The van der Waals surface area contributed by atoms with E-state index in [1.165, 1.54) is 44.3 Å². The van der Waals surface area contributed by atoms with Gasteiger partial charge < -0.3 is 10.2 Å². The van der Waals surface area contributed by atoms with Crippen LogP contribution in [0.1, 0.15) is 58.6 Å². The Morgan fingerprint density at radius 1 is 1.35 bits per heavy atom. The van der Waals surface area contributed by atoms with Gasteiger partial charge in [-0.05, 0) is 31.4 Å². The molecule has 1 N–H and O–H groups in total. The number of aromatic nitrogens is 1. The summed E-state index contributed by atoms with van der Waals surface area (Å²) in [5.74, 6) is 0. The standard InChI is InChI=1S/C17H29N3/c1-4-16-8-6-5-7-11-20(16)17-9-10-18-15(12-17)13-19-14(2)3/h9-10,12,14,16,19H,4-8,11,13H2,1-3H3. The SMILES string of the molecule is CCC1CCCCCN1c1ccnc(CNC(C)C)c1. The van der Waals surface area contributed by atoms with Crippen LogP contribution in [-0.4, -0.2) is 23.6 Å². The van der Waals surface area contributed by atoms with E-state index in [1.807, 2.05) is 6.20 Å². The Bertz CT molecular complexity index is 403. The van der Waals surface area contributed by atoms with Gasteiger partial charge in [-0.25, -0.2) is 0 Å². The molecular formula is C17H29N3. The van der Waals surface area contributed by atoms with E-state index >= 15 is 0 Å². The van der Waals surface area contributed by atoms with Gasteiger partial charge in [0.25, 0.3) is 0 Å². The Labute approximate surface area is 123 Å². The zero-order valence-corrected chi connectivity index (χ0v) is 13.2. The smallest absolute Gasteiger partial charge is 0.0562 e. The maximum atomic E-state index is 4.49. The summed E-state index contributed by atoms with van der Waals surface area (Å²) < 4.78 is 0. The minimum atomic E-state index is 0.502. The molecule has 0 saturated carbocycles. The lowest BCUT2D eigenvalue weighted by Crippen LogP contribution is -2.34. The third-order valence-electron chi connectivity index (χ3n) is 4.17. The Hall–Kier alpha value is -1.09. The van der Waals surface area contributed by atoms with E-state index < -0.39 is 0 Å². The van der Waals surface area contributed by atoms with Gasteiger partial charge in [0.15, 0.2) is 0 Å². The lowest BCUT2D eigenvalue weighted by Gasteiger charge is -2.31. The van der Waals surface area contributed by atoms with Crippen LogP contribution in [0.4, 0.5) is 5.69 Å². The molecule has 3 nitrogen and oxygen atoms in total. The monoisotopic (exact) mass is 275 g/mol. The van der Waals surface area contributed by atoms with Crippen LogP contribution >= 0.6 is 0 Å². The second-order valence-corrected chi connectivity index (χ2v) is 6.15. The van der Waals surface area contributed by atoms with E-state index in [4.69, 9.17) is 0 Å². The van der Waals surface area contributed by atoms with E-state index in [0.29, 0.717) is 12.1 Å². The predicted molar refractivity (Wildman–Crippen MR) is 86.1 cm³/mol. The first-order valence-electron chi connectivity index (χ1n) is 8.15. The molecule has 1 aromatic rings. The van der Waals surface area contributed by atoms with Crippen molar-refractivity contribution in [2.24, 2.45) is 0 Å². The Morgan fingerprint density at radius 2 is 2.20 bits per heavy atom. The summed E-state index contributed by atoms with van der Waals surface area (Å²) in [7, 11) is 0. The van der Waals surface area contributed by atoms with Crippen molar-refractivity contribution < 1.29 is 0 Å². The normalized spacial score (nSPS) is 20.2. The maximum Gasteiger partial charge on any atom is 0.0562 e. The summed E-state index contributed by atoms with van der Waals surface area (Å²) in [6.45, 7) is 8.71. The Balaban J connectivity index is 2.11. The van der Waals surface area contributed by atoms with Gasteiger partial charge in [0.05, 0.1) is 5.69 Å². The summed E-state index contributed by atoms with van der Waals surface area (Å²) in [4.78, 5) is 7.10. The summed E-state index contributed by atoms with van der Waals surface area (Å²) in [6.07, 6.45) is 8.60. The van der Waals surface area contributed by atoms with Crippen molar-refractivity contribution in [1.82, 2.24) is 10.3 Å². The highest BCUT2D eigenvalue weighted by Gasteiger charge is 2.19. The van der Waals surface area contributed by atoms with Crippen molar-refractivity contribution in [3.63, 3.8) is 0 Å². The zero-order chi connectivity index (χ0) is 14.4. The molecule has 1 aliphatic heterocycles. The highest BCUT2D eigenvalue weighted by molar-refractivity contribution is 5.47. The Morgan fingerprint density at radius 3 is 2.95 bits per heavy atom. The summed E-state index contributed by atoms with van der Waals surface area (Å²) >= 11 is 0. The van der Waals surface area contributed by atoms with Gasteiger partial charge in [-0.2, -0.15) is 0 Å². The fourth-order valence-corrected chi connectivity index (χ4v) is 2.99. The molecule has 1 atom stereocenters. The number of hydrogen-bond acceptors (Lipinski definition) is 3. The van der Waals surface area contributed by atoms with Crippen molar-refractivity contribution in [3.05, 3.63) is 24.0 Å². The van der Waals surface area contributed by atoms with Crippen LogP contribution in [-0.2, 0) is 6.54 Å². The van der Waals surface area contributed by atoms with Gasteiger partial charge in [-0.15, -0.1) is 0 Å². The molecule has 0 amide bonds. The van der Waals surface area contributed by atoms with Gasteiger partial charge in [-0.1, -0.05) is 33.6 Å². The minimum absolute atomic E-state index is 0.502. The average Bonchev–Trinajstić information content (AvgIpc) is 2.70. The number of nitrogens with one attached hydrogen (secondary N) is 1. The number of hydrogen-bond donors (Lipinski definition) is 1. The largest absolute Gasteiger partial charge is 0.368 e. The summed E-state index contributed by atoms with van der Waals surface area (Å²) in [6, 6.07) is 5.64. The molecule has 1 aliphatic rings. The molecule has 1 fully saturated rings. The molecule has 1 unspecified atom stereocenters. The summed E-state index contributed by atoms with van der Waals surface area (Å²) in [5.41, 5.74) is 2.50. The van der Waals surface area contributed by atoms with Crippen molar-refractivity contribution in [3.8, 4) is 0 Å². The maximum absolute atomic E-state index is 4.49. The first-order chi connectivity index (χ1) is 9.70. The minimum Gasteiger partial charge on any atom is -0.368 e. The van der Waals surface area contributed by atoms with Gasteiger partial charge >= 0.3 is 0 Å². The fraction of sp³-hybridized carbons (Fsp3) is 0.706. The second-order valence-electron chi connectivity index (χ2n) is 6.15. The predicted octanol–water partition coefficient (Wildman–Crippen LogP) is 3.74. The zero-order valence-electron chi connectivity index (χ0n) is 13.2. The molecule has 3 heteroatoms. The lowest BCUT2D eigenvalue weighted by molar-refractivity contribution is 0.554. The Kier molecular flexibility index (Phi) is 5.84. The summed E-state index contributed by atoms with van der Waals surface area (Å²) in [5, 5.41) is 3.45. The lowest BCUT2D eigenvalue weighted by atomic mass is 10.1. The van der Waals surface area contributed by atoms with E-state index in [0.717, 1.165) is 12.2 Å². The van der Waals surface area contributed by atoms with E-state index in [-0.39, 0.29) is 0 Å². The van der Waals surface area contributed by atoms with Crippen molar-refractivity contribution in [2.75, 3.05) is 11.4 Å². The highest BCUT2D eigenvalue weighted by atomic mass is 15.2. The molecule has 112 valence electrons. The molecule has 0 spiro atoms. The number of anilines is 1. The van der Waals surface area contributed by atoms with Gasteiger partial charge in [0, 0.05) is 37.1 Å². The average molecular weight is 275 g/mol. The molecule has 1 saturated heterocycles. The topological polar surface area (TPSA) is 28.2 Å². The second kappa shape index (κ2) is 7.63. The van der Waals surface area contributed by atoms with E-state index in [1.54, 1.807) is 0 Å². The molecular weight excluding hydrogens is 246 g/mol. The van der Waals surface area contributed by atoms with Gasteiger partial charge in [0.1, 0.15) is 0 Å².